The maximum Gasteiger partial charge on any atom is 0.325 e. The van der Waals surface area contributed by atoms with Crippen molar-refractivity contribution >= 4 is 17.9 Å². The van der Waals surface area contributed by atoms with Gasteiger partial charge in [-0.3, -0.25) is 14.5 Å². The standard InChI is InChI=1S/C11H16N2O5/c14-8(15)2-1-5-13-9(16)11(12-10(13)17)3-6-18-7-4-11/h1-7H2,(H,12,17)(H,14,15). The smallest absolute Gasteiger partial charge is 0.325 e. The molecule has 2 rings (SSSR count). The largest absolute Gasteiger partial charge is 0.481 e. The van der Waals surface area contributed by atoms with Gasteiger partial charge in [0.2, 0.25) is 0 Å². The summed E-state index contributed by atoms with van der Waals surface area (Å²) < 4.78 is 5.19. The number of hydrogen-bond donors (Lipinski definition) is 2. The van der Waals surface area contributed by atoms with Gasteiger partial charge in [0.25, 0.3) is 5.91 Å². The lowest BCUT2D eigenvalue weighted by atomic mass is 9.90. The van der Waals surface area contributed by atoms with Crippen molar-refractivity contribution in [3.63, 3.8) is 0 Å². The second-order valence-electron chi connectivity index (χ2n) is 4.58. The molecule has 18 heavy (non-hydrogen) atoms. The third kappa shape index (κ3) is 2.31. The van der Waals surface area contributed by atoms with E-state index in [9.17, 15) is 14.4 Å². The quantitative estimate of drug-likeness (QED) is 0.688. The summed E-state index contributed by atoms with van der Waals surface area (Å²) in [5.74, 6) is -1.18. The molecule has 0 aliphatic carbocycles. The molecule has 7 heteroatoms. The Morgan fingerprint density at radius 2 is 2.06 bits per heavy atom. The fraction of sp³-hybridized carbons (Fsp3) is 0.727. The van der Waals surface area contributed by atoms with Crippen LogP contribution in [0.4, 0.5) is 4.79 Å². The summed E-state index contributed by atoms with van der Waals surface area (Å²) in [4.78, 5) is 35.5. The van der Waals surface area contributed by atoms with Gasteiger partial charge in [0.15, 0.2) is 0 Å². The highest BCUT2D eigenvalue weighted by atomic mass is 16.5. The zero-order valence-electron chi connectivity index (χ0n) is 9.98. The zero-order valence-corrected chi connectivity index (χ0v) is 9.98. The number of urea groups is 1. The number of aliphatic carboxylic acids is 1. The number of carbonyl (C=O) groups is 3. The van der Waals surface area contributed by atoms with Crippen LogP contribution in [0.25, 0.3) is 0 Å². The van der Waals surface area contributed by atoms with E-state index < -0.39 is 17.5 Å². The number of imide groups is 1. The number of carboxylic acid groups (broad SMARTS) is 1. The first kappa shape index (κ1) is 12.8. The first-order valence-corrected chi connectivity index (χ1v) is 5.99. The molecule has 0 aromatic heterocycles. The minimum atomic E-state index is -0.928. The lowest BCUT2D eigenvalue weighted by Crippen LogP contribution is -2.51. The third-order valence-electron chi connectivity index (χ3n) is 3.36. The number of hydrogen-bond acceptors (Lipinski definition) is 4. The van der Waals surface area contributed by atoms with Crippen molar-refractivity contribution in [1.29, 1.82) is 0 Å². The molecule has 2 N–H and O–H groups in total. The van der Waals surface area contributed by atoms with Gasteiger partial charge in [0.1, 0.15) is 5.54 Å². The van der Waals surface area contributed by atoms with E-state index in [1.807, 2.05) is 0 Å². The summed E-state index contributed by atoms with van der Waals surface area (Å²) in [6, 6.07) is -0.424. The zero-order chi connectivity index (χ0) is 13.2. The van der Waals surface area contributed by atoms with Gasteiger partial charge in [0, 0.05) is 39.0 Å². The summed E-state index contributed by atoms with van der Waals surface area (Å²) in [7, 11) is 0. The molecule has 0 atom stereocenters. The normalized spacial score (nSPS) is 22.3. The van der Waals surface area contributed by atoms with Crippen molar-refractivity contribution in [2.75, 3.05) is 19.8 Å². The lowest BCUT2D eigenvalue weighted by molar-refractivity contribution is -0.138. The van der Waals surface area contributed by atoms with Crippen LogP contribution in [0.1, 0.15) is 25.7 Å². The minimum absolute atomic E-state index is 0.0484. The molecule has 0 radical (unpaired) electrons. The SMILES string of the molecule is O=C(O)CCCN1C(=O)NC2(CCOCC2)C1=O. The summed E-state index contributed by atoms with van der Waals surface area (Å²) in [5, 5.41) is 11.3. The summed E-state index contributed by atoms with van der Waals surface area (Å²) in [5.41, 5.74) is -0.821. The van der Waals surface area contributed by atoms with Gasteiger partial charge in [-0.2, -0.15) is 0 Å². The number of nitrogens with zero attached hydrogens (tertiary/aromatic N) is 1. The van der Waals surface area contributed by atoms with Gasteiger partial charge in [-0.25, -0.2) is 4.79 Å². The topological polar surface area (TPSA) is 95.9 Å². The molecule has 0 aromatic rings. The second-order valence-corrected chi connectivity index (χ2v) is 4.58. The second kappa shape index (κ2) is 4.93. The average Bonchev–Trinajstić information content (AvgIpc) is 2.54. The molecule has 1 spiro atoms. The summed E-state index contributed by atoms with van der Waals surface area (Å²) in [6.07, 6.45) is 1.19. The Hall–Kier alpha value is -1.63. The van der Waals surface area contributed by atoms with Gasteiger partial charge in [0.05, 0.1) is 0 Å². The highest BCUT2D eigenvalue weighted by Gasteiger charge is 2.51. The Labute approximate surface area is 104 Å². The molecule has 7 nitrogen and oxygen atoms in total. The first-order chi connectivity index (χ1) is 8.55. The maximum absolute atomic E-state index is 12.2. The van der Waals surface area contributed by atoms with Gasteiger partial charge >= 0.3 is 12.0 Å². The molecule has 3 amide bonds. The van der Waals surface area contributed by atoms with E-state index in [4.69, 9.17) is 9.84 Å². The fourth-order valence-electron chi connectivity index (χ4n) is 2.33. The Bertz CT molecular complexity index is 376. The predicted molar refractivity (Wildman–Crippen MR) is 59.9 cm³/mol. The number of carbonyl (C=O) groups excluding carboxylic acids is 2. The summed E-state index contributed by atoms with van der Waals surface area (Å²) in [6.45, 7) is 1.06. The van der Waals surface area contributed by atoms with Crippen molar-refractivity contribution < 1.29 is 24.2 Å². The van der Waals surface area contributed by atoms with Gasteiger partial charge < -0.3 is 15.2 Å². The van der Waals surface area contributed by atoms with Crippen LogP contribution in [0.5, 0.6) is 0 Å². The predicted octanol–water partition coefficient (Wildman–Crippen LogP) is -0.0478. The van der Waals surface area contributed by atoms with Crippen molar-refractivity contribution in [2.24, 2.45) is 0 Å². The van der Waals surface area contributed by atoms with Crippen LogP contribution in [-0.4, -0.2) is 53.2 Å². The number of nitrogens with one attached hydrogen (secondary N) is 1. The van der Waals surface area contributed by atoms with E-state index in [1.54, 1.807) is 0 Å². The fourth-order valence-corrected chi connectivity index (χ4v) is 2.33. The number of rotatable bonds is 4. The highest BCUT2D eigenvalue weighted by molar-refractivity contribution is 6.07. The number of ether oxygens (including phenoxy) is 1. The van der Waals surface area contributed by atoms with Crippen LogP contribution < -0.4 is 5.32 Å². The average molecular weight is 256 g/mol. The molecule has 2 heterocycles. The minimum Gasteiger partial charge on any atom is -0.481 e. The van der Waals surface area contributed by atoms with E-state index in [-0.39, 0.29) is 25.3 Å². The van der Waals surface area contributed by atoms with E-state index in [0.717, 1.165) is 4.90 Å². The van der Waals surface area contributed by atoms with E-state index >= 15 is 0 Å². The van der Waals surface area contributed by atoms with Crippen LogP contribution in [0.2, 0.25) is 0 Å². The number of amides is 3. The van der Waals surface area contributed by atoms with Gasteiger partial charge in [-0.1, -0.05) is 0 Å². The van der Waals surface area contributed by atoms with Crippen LogP contribution in [0.15, 0.2) is 0 Å². The van der Waals surface area contributed by atoms with Crippen molar-refractivity contribution in [2.45, 2.75) is 31.2 Å². The highest BCUT2D eigenvalue weighted by Crippen LogP contribution is 2.28. The first-order valence-electron chi connectivity index (χ1n) is 5.99. The molecule has 2 aliphatic rings. The molecule has 2 aliphatic heterocycles. The Morgan fingerprint density at radius 3 is 2.67 bits per heavy atom. The molecule has 100 valence electrons. The van der Waals surface area contributed by atoms with E-state index in [2.05, 4.69) is 5.32 Å². The molecule has 2 fully saturated rings. The van der Waals surface area contributed by atoms with Gasteiger partial charge in [-0.05, 0) is 6.42 Å². The molecule has 0 aromatic carbocycles. The maximum atomic E-state index is 12.2. The third-order valence-corrected chi connectivity index (χ3v) is 3.36. The van der Waals surface area contributed by atoms with Crippen molar-refractivity contribution in [3.05, 3.63) is 0 Å². The van der Waals surface area contributed by atoms with Gasteiger partial charge in [-0.15, -0.1) is 0 Å². The Balaban J connectivity index is 1.98. The Morgan fingerprint density at radius 1 is 1.39 bits per heavy atom. The van der Waals surface area contributed by atoms with Crippen LogP contribution in [0, 0.1) is 0 Å². The Kier molecular flexibility index (Phi) is 3.51. The molecular weight excluding hydrogens is 240 g/mol. The molecule has 2 saturated heterocycles. The van der Waals surface area contributed by atoms with E-state index in [0.29, 0.717) is 26.1 Å². The molecular formula is C11H16N2O5. The van der Waals surface area contributed by atoms with Crippen molar-refractivity contribution in [1.82, 2.24) is 10.2 Å². The molecule has 0 saturated carbocycles. The lowest BCUT2D eigenvalue weighted by Gasteiger charge is -2.30. The van der Waals surface area contributed by atoms with Crippen molar-refractivity contribution in [3.8, 4) is 0 Å². The molecule has 0 bridgehead atoms. The van der Waals surface area contributed by atoms with Crippen LogP contribution >= 0.6 is 0 Å². The number of carboxylic acids is 1. The van der Waals surface area contributed by atoms with Crippen LogP contribution in [-0.2, 0) is 14.3 Å². The molecule has 0 unspecified atom stereocenters. The summed E-state index contributed by atoms with van der Waals surface area (Å²) >= 11 is 0. The van der Waals surface area contributed by atoms with Crippen LogP contribution in [0.3, 0.4) is 0 Å². The monoisotopic (exact) mass is 256 g/mol. The van der Waals surface area contributed by atoms with E-state index in [1.165, 1.54) is 0 Å².